The molecule has 1 fully saturated rings. The molecule has 0 aliphatic heterocycles. The molecule has 1 aromatic carbocycles. The van der Waals surface area contributed by atoms with Gasteiger partial charge in [0.25, 0.3) is 0 Å². The summed E-state index contributed by atoms with van der Waals surface area (Å²) in [6.07, 6.45) is 2.75. The van der Waals surface area contributed by atoms with Crippen LogP contribution in [0.3, 0.4) is 0 Å². The quantitative estimate of drug-likeness (QED) is 0.538. The van der Waals surface area contributed by atoms with Crippen molar-refractivity contribution in [2.45, 2.75) is 17.7 Å². The van der Waals surface area contributed by atoms with E-state index in [9.17, 15) is 0 Å². The smallest absolute Gasteiger partial charge is 0.0591 e. The average molecular weight is 251 g/mol. The third kappa shape index (κ3) is 6.10. The van der Waals surface area contributed by atoms with Gasteiger partial charge < -0.3 is 10.1 Å². The van der Waals surface area contributed by atoms with E-state index in [0.29, 0.717) is 0 Å². The summed E-state index contributed by atoms with van der Waals surface area (Å²) in [6.45, 7) is 3.85. The maximum absolute atomic E-state index is 5.55. The van der Waals surface area contributed by atoms with E-state index < -0.39 is 0 Å². The summed E-state index contributed by atoms with van der Waals surface area (Å²) in [5.41, 5.74) is 0. The van der Waals surface area contributed by atoms with E-state index in [2.05, 4.69) is 35.6 Å². The Balaban J connectivity index is 1.38. The number of ether oxygens (including phenoxy) is 1. The predicted molar refractivity (Wildman–Crippen MR) is 73.6 cm³/mol. The molecule has 1 saturated carbocycles. The second-order valence-electron chi connectivity index (χ2n) is 4.43. The molecule has 0 unspecified atom stereocenters. The summed E-state index contributed by atoms with van der Waals surface area (Å²) in [4.78, 5) is 1.35. The van der Waals surface area contributed by atoms with Crippen molar-refractivity contribution in [2.75, 3.05) is 32.1 Å². The van der Waals surface area contributed by atoms with E-state index in [1.54, 1.807) is 0 Å². The van der Waals surface area contributed by atoms with E-state index in [1.165, 1.54) is 17.7 Å². The molecule has 1 aliphatic rings. The maximum atomic E-state index is 5.55. The number of nitrogens with one attached hydrogen (secondary N) is 1. The molecule has 1 N–H and O–H groups in total. The van der Waals surface area contributed by atoms with Crippen molar-refractivity contribution in [3.05, 3.63) is 30.3 Å². The SMILES string of the molecule is c1ccc(SCCNCCOCC2CC2)cc1. The lowest BCUT2D eigenvalue weighted by molar-refractivity contribution is 0.126. The second kappa shape index (κ2) is 7.75. The molecule has 0 atom stereocenters. The van der Waals surface area contributed by atoms with Crippen molar-refractivity contribution in [1.82, 2.24) is 5.32 Å². The normalized spacial score (nSPS) is 15.1. The van der Waals surface area contributed by atoms with Crippen LogP contribution in [0.2, 0.25) is 0 Å². The highest BCUT2D eigenvalue weighted by molar-refractivity contribution is 7.99. The zero-order valence-electron chi connectivity index (χ0n) is 10.2. The van der Waals surface area contributed by atoms with Crippen molar-refractivity contribution in [3.63, 3.8) is 0 Å². The van der Waals surface area contributed by atoms with Crippen molar-refractivity contribution in [3.8, 4) is 0 Å². The van der Waals surface area contributed by atoms with Crippen LogP contribution in [-0.4, -0.2) is 32.1 Å². The van der Waals surface area contributed by atoms with Crippen molar-refractivity contribution >= 4 is 11.8 Å². The molecule has 0 radical (unpaired) electrons. The molecule has 1 aromatic rings. The van der Waals surface area contributed by atoms with Gasteiger partial charge in [-0.3, -0.25) is 0 Å². The van der Waals surface area contributed by atoms with E-state index in [1.807, 2.05) is 11.8 Å². The fourth-order valence-electron chi connectivity index (χ4n) is 1.56. The minimum Gasteiger partial charge on any atom is -0.380 e. The second-order valence-corrected chi connectivity index (χ2v) is 5.60. The van der Waals surface area contributed by atoms with E-state index >= 15 is 0 Å². The minimum atomic E-state index is 0.854. The van der Waals surface area contributed by atoms with Crippen LogP contribution in [0.4, 0.5) is 0 Å². The Hall–Kier alpha value is -0.510. The molecule has 0 amide bonds. The van der Waals surface area contributed by atoms with Crippen molar-refractivity contribution in [2.24, 2.45) is 5.92 Å². The lowest BCUT2D eigenvalue weighted by Crippen LogP contribution is -2.22. The summed E-state index contributed by atoms with van der Waals surface area (Å²) in [6, 6.07) is 10.5. The van der Waals surface area contributed by atoms with Crippen LogP contribution in [0.15, 0.2) is 35.2 Å². The molecule has 0 saturated heterocycles. The molecule has 0 heterocycles. The molecular formula is C14H21NOS. The van der Waals surface area contributed by atoms with Crippen LogP contribution in [-0.2, 0) is 4.74 Å². The molecule has 1 aliphatic carbocycles. The number of thioether (sulfide) groups is 1. The molecule has 3 heteroatoms. The van der Waals surface area contributed by atoms with Gasteiger partial charge in [-0.2, -0.15) is 0 Å². The lowest BCUT2D eigenvalue weighted by Gasteiger charge is -2.05. The van der Waals surface area contributed by atoms with Crippen LogP contribution >= 0.6 is 11.8 Å². The van der Waals surface area contributed by atoms with E-state index in [4.69, 9.17) is 4.74 Å². The van der Waals surface area contributed by atoms with E-state index in [0.717, 1.165) is 38.0 Å². The Morgan fingerprint density at radius 1 is 1.18 bits per heavy atom. The number of hydrogen-bond donors (Lipinski definition) is 1. The van der Waals surface area contributed by atoms with Gasteiger partial charge in [0, 0.05) is 30.3 Å². The Kier molecular flexibility index (Phi) is 5.89. The molecule has 94 valence electrons. The van der Waals surface area contributed by atoms with Gasteiger partial charge in [0.05, 0.1) is 6.61 Å². The number of rotatable bonds is 9. The van der Waals surface area contributed by atoms with Gasteiger partial charge in [-0.25, -0.2) is 0 Å². The standard InChI is InChI=1S/C14H21NOS/c1-2-4-14(5-3-1)17-11-9-15-8-10-16-12-13-6-7-13/h1-5,13,15H,6-12H2. The van der Waals surface area contributed by atoms with Crippen molar-refractivity contribution < 1.29 is 4.74 Å². The largest absolute Gasteiger partial charge is 0.380 e. The predicted octanol–water partition coefficient (Wildman–Crippen LogP) is 2.79. The lowest BCUT2D eigenvalue weighted by atomic mass is 10.4. The van der Waals surface area contributed by atoms with Crippen LogP contribution < -0.4 is 5.32 Å². The highest BCUT2D eigenvalue weighted by Crippen LogP contribution is 2.28. The molecule has 2 nitrogen and oxygen atoms in total. The van der Waals surface area contributed by atoms with Crippen LogP contribution in [0.1, 0.15) is 12.8 Å². The van der Waals surface area contributed by atoms with Crippen molar-refractivity contribution in [1.29, 1.82) is 0 Å². The molecule has 0 bridgehead atoms. The summed E-state index contributed by atoms with van der Waals surface area (Å²) >= 11 is 1.90. The summed E-state index contributed by atoms with van der Waals surface area (Å²) in [7, 11) is 0. The fraction of sp³-hybridized carbons (Fsp3) is 0.571. The highest BCUT2D eigenvalue weighted by Gasteiger charge is 2.20. The molecule has 17 heavy (non-hydrogen) atoms. The molecular weight excluding hydrogens is 230 g/mol. The van der Waals surface area contributed by atoms with Gasteiger partial charge in [0.1, 0.15) is 0 Å². The highest BCUT2D eigenvalue weighted by atomic mass is 32.2. The summed E-state index contributed by atoms with van der Waals surface area (Å²) in [5.74, 6) is 2.00. The van der Waals surface area contributed by atoms with Crippen LogP contribution in [0.5, 0.6) is 0 Å². The molecule has 2 rings (SSSR count). The van der Waals surface area contributed by atoms with Gasteiger partial charge in [-0.1, -0.05) is 18.2 Å². The number of benzene rings is 1. The van der Waals surface area contributed by atoms with Gasteiger partial charge in [-0.05, 0) is 30.9 Å². The first kappa shape index (κ1) is 12.9. The molecule has 0 spiro atoms. The topological polar surface area (TPSA) is 21.3 Å². The zero-order valence-corrected chi connectivity index (χ0v) is 11.0. The average Bonchev–Trinajstić information content (AvgIpc) is 3.18. The van der Waals surface area contributed by atoms with E-state index in [-0.39, 0.29) is 0 Å². The molecule has 0 aromatic heterocycles. The van der Waals surface area contributed by atoms with Gasteiger partial charge >= 0.3 is 0 Å². The Bertz CT molecular complexity index is 300. The van der Waals surface area contributed by atoms with Gasteiger partial charge in [0.2, 0.25) is 0 Å². The van der Waals surface area contributed by atoms with Gasteiger partial charge in [0.15, 0.2) is 0 Å². The fourth-order valence-corrected chi connectivity index (χ4v) is 2.39. The Morgan fingerprint density at radius 3 is 2.76 bits per heavy atom. The maximum Gasteiger partial charge on any atom is 0.0591 e. The third-order valence-corrected chi connectivity index (χ3v) is 3.78. The first-order valence-electron chi connectivity index (χ1n) is 6.41. The Labute approximate surface area is 108 Å². The van der Waals surface area contributed by atoms with Crippen LogP contribution in [0.25, 0.3) is 0 Å². The first-order valence-corrected chi connectivity index (χ1v) is 7.40. The Morgan fingerprint density at radius 2 is 2.00 bits per heavy atom. The first-order chi connectivity index (χ1) is 8.45. The third-order valence-electron chi connectivity index (χ3n) is 2.76. The van der Waals surface area contributed by atoms with Gasteiger partial charge in [-0.15, -0.1) is 11.8 Å². The summed E-state index contributed by atoms with van der Waals surface area (Å²) in [5, 5.41) is 3.40. The number of hydrogen-bond acceptors (Lipinski definition) is 3. The van der Waals surface area contributed by atoms with Crippen LogP contribution in [0, 0.1) is 5.92 Å². The zero-order chi connectivity index (χ0) is 11.8. The summed E-state index contributed by atoms with van der Waals surface area (Å²) < 4.78 is 5.55. The minimum absolute atomic E-state index is 0.854. The monoisotopic (exact) mass is 251 g/mol.